The van der Waals surface area contributed by atoms with Gasteiger partial charge in [-0.3, -0.25) is 4.79 Å². The number of nitrogens with one attached hydrogen (secondary N) is 1. The second kappa shape index (κ2) is 5.61. The number of carbonyl (C=O) groups is 2. The summed E-state index contributed by atoms with van der Waals surface area (Å²) < 4.78 is -0.325. The molecule has 102 valence electrons. The lowest BCUT2D eigenvalue weighted by Gasteiger charge is -2.21. The summed E-state index contributed by atoms with van der Waals surface area (Å²) in [5, 5.41) is 11.6. The van der Waals surface area contributed by atoms with Crippen LogP contribution in [0.5, 0.6) is 0 Å². The Kier molecular flexibility index (Phi) is 4.09. The van der Waals surface area contributed by atoms with Gasteiger partial charge in [0.2, 0.25) is 5.91 Å². The number of aromatic carboxylic acids is 1. The molecule has 1 amide bonds. The number of carboxylic acids is 1. The number of pyridine rings is 1. The van der Waals surface area contributed by atoms with Crippen molar-refractivity contribution in [3.05, 3.63) is 29.6 Å². The summed E-state index contributed by atoms with van der Waals surface area (Å²) >= 11 is 1.69. The highest BCUT2D eigenvalue weighted by Crippen LogP contribution is 2.37. The van der Waals surface area contributed by atoms with E-state index in [1.165, 1.54) is 12.3 Å². The minimum atomic E-state index is -1.05. The van der Waals surface area contributed by atoms with Crippen molar-refractivity contribution in [3.63, 3.8) is 0 Å². The van der Waals surface area contributed by atoms with Crippen molar-refractivity contribution in [1.29, 1.82) is 0 Å². The molecule has 1 aromatic heterocycles. The highest BCUT2D eigenvalue weighted by molar-refractivity contribution is 8.01. The van der Waals surface area contributed by atoms with Crippen molar-refractivity contribution >= 4 is 23.6 Å². The van der Waals surface area contributed by atoms with Crippen LogP contribution in [0.2, 0.25) is 0 Å². The van der Waals surface area contributed by atoms with Gasteiger partial charge in [-0.15, -0.1) is 11.8 Å². The van der Waals surface area contributed by atoms with Crippen molar-refractivity contribution in [2.24, 2.45) is 0 Å². The first-order valence-corrected chi connectivity index (χ1v) is 7.10. The number of amides is 1. The van der Waals surface area contributed by atoms with Gasteiger partial charge in [-0.1, -0.05) is 6.07 Å². The van der Waals surface area contributed by atoms with Crippen LogP contribution >= 0.6 is 11.8 Å². The SMILES string of the molecule is CC1(C(=O)NCc2ccc(C(=O)O)nc2)CCCS1. The molecule has 0 radical (unpaired) electrons. The minimum Gasteiger partial charge on any atom is -0.477 e. The average molecular weight is 280 g/mol. The molecule has 0 aromatic carbocycles. The maximum atomic E-state index is 12.1. The van der Waals surface area contributed by atoms with E-state index in [1.54, 1.807) is 17.8 Å². The van der Waals surface area contributed by atoms with Crippen molar-refractivity contribution in [3.8, 4) is 0 Å². The Morgan fingerprint density at radius 2 is 2.32 bits per heavy atom. The maximum absolute atomic E-state index is 12.1. The molecule has 1 unspecified atom stereocenters. The molecule has 2 N–H and O–H groups in total. The molecule has 1 atom stereocenters. The van der Waals surface area contributed by atoms with Gasteiger partial charge in [0.05, 0.1) is 4.75 Å². The summed E-state index contributed by atoms with van der Waals surface area (Å²) in [7, 11) is 0. The van der Waals surface area contributed by atoms with E-state index < -0.39 is 5.97 Å². The number of hydrogen-bond acceptors (Lipinski definition) is 4. The molecule has 0 saturated carbocycles. The Morgan fingerprint density at radius 1 is 1.53 bits per heavy atom. The summed E-state index contributed by atoms with van der Waals surface area (Å²) in [6, 6.07) is 3.11. The largest absolute Gasteiger partial charge is 0.477 e. The first-order chi connectivity index (χ1) is 9.01. The first-order valence-electron chi connectivity index (χ1n) is 6.12. The summed E-state index contributed by atoms with van der Waals surface area (Å²) in [6.45, 7) is 2.34. The summed E-state index contributed by atoms with van der Waals surface area (Å²) in [5.74, 6) is 0.0152. The fourth-order valence-electron chi connectivity index (χ4n) is 1.98. The van der Waals surface area contributed by atoms with Gasteiger partial charge in [0.1, 0.15) is 5.69 Å². The highest BCUT2D eigenvalue weighted by atomic mass is 32.2. The van der Waals surface area contributed by atoms with E-state index in [4.69, 9.17) is 5.11 Å². The summed E-state index contributed by atoms with van der Waals surface area (Å²) in [5.41, 5.74) is 0.804. The predicted octanol–water partition coefficient (Wildman–Crippen LogP) is 1.68. The van der Waals surface area contributed by atoms with Gasteiger partial charge in [0, 0.05) is 12.7 Å². The van der Waals surface area contributed by atoms with Crippen LogP contribution in [0.4, 0.5) is 0 Å². The minimum absolute atomic E-state index is 0.00777. The van der Waals surface area contributed by atoms with Gasteiger partial charge < -0.3 is 10.4 Å². The molecule has 1 aliphatic heterocycles. The van der Waals surface area contributed by atoms with Gasteiger partial charge >= 0.3 is 5.97 Å². The van der Waals surface area contributed by atoms with Crippen LogP contribution in [0, 0.1) is 0 Å². The number of rotatable bonds is 4. The van der Waals surface area contributed by atoms with Crippen LogP contribution in [0.3, 0.4) is 0 Å². The zero-order valence-corrected chi connectivity index (χ0v) is 11.5. The smallest absolute Gasteiger partial charge is 0.354 e. The number of carbonyl (C=O) groups excluding carboxylic acids is 1. The fraction of sp³-hybridized carbons (Fsp3) is 0.462. The van der Waals surface area contributed by atoms with E-state index in [0.29, 0.717) is 6.54 Å². The van der Waals surface area contributed by atoms with Crippen molar-refractivity contribution in [1.82, 2.24) is 10.3 Å². The first kappa shape index (κ1) is 13.9. The lowest BCUT2D eigenvalue weighted by molar-refractivity contribution is -0.123. The third kappa shape index (κ3) is 3.26. The monoisotopic (exact) mass is 280 g/mol. The molecular formula is C13H16N2O3S. The molecule has 1 aromatic rings. The number of carboxylic acid groups (broad SMARTS) is 1. The van der Waals surface area contributed by atoms with E-state index in [1.807, 2.05) is 6.92 Å². The van der Waals surface area contributed by atoms with Gasteiger partial charge in [-0.25, -0.2) is 9.78 Å². The van der Waals surface area contributed by atoms with Crippen LogP contribution in [-0.4, -0.2) is 32.5 Å². The average Bonchev–Trinajstić information content (AvgIpc) is 2.84. The van der Waals surface area contributed by atoms with Crippen LogP contribution in [0.1, 0.15) is 35.8 Å². The van der Waals surface area contributed by atoms with Crippen molar-refractivity contribution in [2.75, 3.05) is 5.75 Å². The Balaban J connectivity index is 1.91. The third-order valence-corrected chi connectivity index (χ3v) is 4.72. The van der Waals surface area contributed by atoms with Crippen LogP contribution in [0.15, 0.2) is 18.3 Å². The molecule has 5 nitrogen and oxygen atoms in total. The van der Waals surface area contributed by atoms with Gasteiger partial charge in [0.15, 0.2) is 0 Å². The second-order valence-corrected chi connectivity index (χ2v) is 6.32. The van der Waals surface area contributed by atoms with Crippen LogP contribution in [0.25, 0.3) is 0 Å². The number of hydrogen-bond donors (Lipinski definition) is 2. The van der Waals surface area contributed by atoms with E-state index in [2.05, 4.69) is 10.3 Å². The normalized spacial score (nSPS) is 22.2. The highest BCUT2D eigenvalue weighted by Gasteiger charge is 2.36. The Hall–Kier alpha value is -1.56. The van der Waals surface area contributed by atoms with Crippen LogP contribution < -0.4 is 5.32 Å². The fourth-order valence-corrected chi connectivity index (χ4v) is 3.21. The molecule has 1 saturated heterocycles. The standard InChI is InChI=1S/C13H16N2O3S/c1-13(5-2-6-19-13)12(18)15-8-9-3-4-10(11(16)17)14-7-9/h3-4,7H,2,5-6,8H2,1H3,(H,15,18)(H,16,17). The zero-order valence-electron chi connectivity index (χ0n) is 10.7. The Bertz CT molecular complexity index is 481. The quantitative estimate of drug-likeness (QED) is 0.877. The number of nitrogens with zero attached hydrogens (tertiary/aromatic N) is 1. The molecule has 2 heterocycles. The maximum Gasteiger partial charge on any atom is 0.354 e. The van der Waals surface area contributed by atoms with E-state index in [0.717, 1.165) is 24.2 Å². The lowest BCUT2D eigenvalue weighted by Crippen LogP contribution is -2.39. The molecule has 2 rings (SSSR count). The molecule has 0 spiro atoms. The molecule has 1 aliphatic rings. The van der Waals surface area contributed by atoms with Gasteiger partial charge in [-0.05, 0) is 37.1 Å². The summed E-state index contributed by atoms with van der Waals surface area (Å²) in [4.78, 5) is 26.5. The number of aromatic nitrogens is 1. The Morgan fingerprint density at radius 3 is 2.84 bits per heavy atom. The van der Waals surface area contributed by atoms with Crippen LogP contribution in [-0.2, 0) is 11.3 Å². The zero-order chi connectivity index (χ0) is 13.9. The van der Waals surface area contributed by atoms with Gasteiger partial charge in [-0.2, -0.15) is 0 Å². The Labute approximate surface area is 115 Å². The molecule has 6 heteroatoms. The lowest BCUT2D eigenvalue weighted by atomic mass is 10.0. The van der Waals surface area contributed by atoms with E-state index in [-0.39, 0.29) is 16.3 Å². The second-order valence-electron chi connectivity index (χ2n) is 4.72. The molecule has 0 bridgehead atoms. The molecule has 1 fully saturated rings. The summed E-state index contributed by atoms with van der Waals surface area (Å²) in [6.07, 6.45) is 3.46. The van der Waals surface area contributed by atoms with Gasteiger partial charge in [0.25, 0.3) is 0 Å². The number of thioether (sulfide) groups is 1. The molecule has 0 aliphatic carbocycles. The van der Waals surface area contributed by atoms with E-state index in [9.17, 15) is 9.59 Å². The van der Waals surface area contributed by atoms with Crippen molar-refractivity contribution in [2.45, 2.75) is 31.1 Å². The molecule has 19 heavy (non-hydrogen) atoms. The molecular weight excluding hydrogens is 264 g/mol. The topological polar surface area (TPSA) is 79.3 Å². The predicted molar refractivity (Wildman–Crippen MR) is 73.1 cm³/mol. The van der Waals surface area contributed by atoms with E-state index >= 15 is 0 Å². The van der Waals surface area contributed by atoms with Crippen molar-refractivity contribution < 1.29 is 14.7 Å². The third-order valence-electron chi connectivity index (χ3n) is 3.20.